The molecule has 2 heterocycles. The van der Waals surface area contributed by atoms with Gasteiger partial charge in [-0.05, 0) is 24.1 Å². The first kappa shape index (κ1) is 16.4. The second-order valence-electron chi connectivity index (χ2n) is 6.39. The van der Waals surface area contributed by atoms with Crippen LogP contribution in [0.25, 0.3) is 10.2 Å². The average Bonchev–Trinajstić information content (AvgIpc) is 3.00. The van der Waals surface area contributed by atoms with Crippen LogP contribution in [0, 0.1) is 5.92 Å². The van der Waals surface area contributed by atoms with Gasteiger partial charge in [-0.25, -0.2) is 4.98 Å². The molecule has 0 spiro atoms. The number of aromatic nitrogens is 1. The van der Waals surface area contributed by atoms with Crippen LogP contribution in [0.4, 0.5) is 0 Å². The predicted molar refractivity (Wildman–Crippen MR) is 93.0 cm³/mol. The van der Waals surface area contributed by atoms with Gasteiger partial charge < -0.3 is 10.1 Å². The number of fused-ring (bicyclic) bond motifs is 1. The van der Waals surface area contributed by atoms with E-state index in [-0.39, 0.29) is 12.0 Å². The summed E-state index contributed by atoms with van der Waals surface area (Å²) < 4.78 is 6.81. The Morgan fingerprint density at radius 1 is 1.52 bits per heavy atom. The van der Waals surface area contributed by atoms with Gasteiger partial charge in [0.2, 0.25) is 0 Å². The highest BCUT2D eigenvalue weighted by Crippen LogP contribution is 2.19. The van der Waals surface area contributed by atoms with E-state index in [1.807, 2.05) is 18.2 Å². The van der Waals surface area contributed by atoms with E-state index in [0.717, 1.165) is 36.5 Å². The van der Waals surface area contributed by atoms with Gasteiger partial charge in [0.1, 0.15) is 0 Å². The molecule has 0 radical (unpaired) electrons. The topological polar surface area (TPSA) is 54.5 Å². The molecule has 5 nitrogen and oxygen atoms in total. The number of rotatable bonds is 5. The van der Waals surface area contributed by atoms with E-state index < -0.39 is 0 Å². The summed E-state index contributed by atoms with van der Waals surface area (Å²) in [5.41, 5.74) is 3.41. The van der Waals surface area contributed by atoms with Crippen LogP contribution in [-0.2, 0) is 4.74 Å². The normalized spacial score (nSPS) is 19.3. The molecule has 1 N–H and O–H groups in total. The molecule has 124 valence electrons. The summed E-state index contributed by atoms with van der Waals surface area (Å²) in [7, 11) is 0. The summed E-state index contributed by atoms with van der Waals surface area (Å²) in [6, 6.07) is 5.61. The molecular formula is C17H23N3O2S. The Kier molecular flexibility index (Phi) is 5.25. The number of hydrogen-bond acceptors (Lipinski definition) is 5. The molecule has 1 aliphatic rings. The van der Waals surface area contributed by atoms with Crippen molar-refractivity contribution in [3.05, 3.63) is 29.3 Å². The molecular weight excluding hydrogens is 310 g/mol. The van der Waals surface area contributed by atoms with Crippen molar-refractivity contribution < 1.29 is 9.53 Å². The molecule has 1 unspecified atom stereocenters. The van der Waals surface area contributed by atoms with Gasteiger partial charge in [-0.2, -0.15) is 0 Å². The van der Waals surface area contributed by atoms with Crippen LogP contribution in [-0.4, -0.2) is 54.7 Å². The van der Waals surface area contributed by atoms with Gasteiger partial charge in [0.25, 0.3) is 5.91 Å². The lowest BCUT2D eigenvalue weighted by molar-refractivity contribution is -0.0295. The number of amides is 1. The van der Waals surface area contributed by atoms with E-state index in [9.17, 15) is 4.79 Å². The first-order valence-electron chi connectivity index (χ1n) is 8.07. The van der Waals surface area contributed by atoms with Crippen LogP contribution in [0.2, 0.25) is 0 Å². The number of nitrogens with one attached hydrogen (secondary N) is 1. The zero-order valence-electron chi connectivity index (χ0n) is 13.6. The van der Waals surface area contributed by atoms with Crippen LogP contribution >= 0.6 is 11.3 Å². The van der Waals surface area contributed by atoms with Gasteiger partial charge in [0.05, 0.1) is 28.4 Å². The molecule has 6 heteroatoms. The molecule has 23 heavy (non-hydrogen) atoms. The summed E-state index contributed by atoms with van der Waals surface area (Å²) in [5, 5.41) is 2.99. The third-order valence-corrected chi connectivity index (χ3v) is 4.72. The number of carbonyl (C=O) groups is 1. The van der Waals surface area contributed by atoms with Gasteiger partial charge in [-0.3, -0.25) is 9.69 Å². The minimum absolute atomic E-state index is 0.0510. The van der Waals surface area contributed by atoms with E-state index in [4.69, 9.17) is 4.74 Å². The van der Waals surface area contributed by atoms with Crippen molar-refractivity contribution >= 4 is 27.5 Å². The Balaban J connectivity index is 1.53. The van der Waals surface area contributed by atoms with Crippen molar-refractivity contribution in [3.8, 4) is 0 Å². The van der Waals surface area contributed by atoms with Gasteiger partial charge in [-0.15, -0.1) is 11.3 Å². The van der Waals surface area contributed by atoms with Crippen LogP contribution in [0.3, 0.4) is 0 Å². The van der Waals surface area contributed by atoms with Crippen molar-refractivity contribution in [3.63, 3.8) is 0 Å². The lowest BCUT2D eigenvalue weighted by Gasteiger charge is -2.33. The Labute approximate surface area is 140 Å². The molecule has 0 bridgehead atoms. The SMILES string of the molecule is CC(C)CN1CCOC(CNC(=O)c2ccc3ncsc3c2)C1. The standard InChI is InChI=1S/C17H23N3O2S/c1-12(2)9-20-5-6-22-14(10-20)8-18-17(21)13-3-4-15-16(7-13)23-11-19-15/h3-4,7,11-12,14H,5-6,8-10H2,1-2H3,(H,18,21). The molecule has 0 aliphatic carbocycles. The predicted octanol–water partition coefficient (Wildman–Crippen LogP) is 2.38. The second kappa shape index (κ2) is 7.38. The van der Waals surface area contributed by atoms with E-state index in [0.29, 0.717) is 18.0 Å². The third-order valence-electron chi connectivity index (χ3n) is 3.93. The minimum atomic E-state index is -0.0510. The maximum absolute atomic E-state index is 12.3. The zero-order valence-corrected chi connectivity index (χ0v) is 14.4. The van der Waals surface area contributed by atoms with Crippen LogP contribution in [0.1, 0.15) is 24.2 Å². The van der Waals surface area contributed by atoms with Crippen molar-refractivity contribution in [2.75, 3.05) is 32.8 Å². The van der Waals surface area contributed by atoms with Crippen LogP contribution in [0.15, 0.2) is 23.7 Å². The first-order valence-corrected chi connectivity index (χ1v) is 8.95. The van der Waals surface area contributed by atoms with Crippen molar-refractivity contribution in [2.24, 2.45) is 5.92 Å². The Hall–Kier alpha value is -1.50. The molecule has 1 aromatic heterocycles. The van der Waals surface area contributed by atoms with Crippen LogP contribution in [0.5, 0.6) is 0 Å². The fourth-order valence-corrected chi connectivity index (χ4v) is 3.61. The lowest BCUT2D eigenvalue weighted by Crippen LogP contribution is -2.48. The maximum Gasteiger partial charge on any atom is 0.251 e. The van der Waals surface area contributed by atoms with Gasteiger partial charge in [0, 0.05) is 31.7 Å². The number of thiazole rings is 1. The third kappa shape index (κ3) is 4.28. The largest absolute Gasteiger partial charge is 0.374 e. The van der Waals surface area contributed by atoms with E-state index in [1.54, 1.807) is 16.8 Å². The fraction of sp³-hybridized carbons (Fsp3) is 0.529. The molecule has 1 saturated heterocycles. The number of benzene rings is 1. The highest BCUT2D eigenvalue weighted by molar-refractivity contribution is 7.16. The fourth-order valence-electron chi connectivity index (χ4n) is 2.89. The lowest BCUT2D eigenvalue weighted by atomic mass is 10.1. The molecule has 1 aromatic carbocycles. The van der Waals surface area contributed by atoms with Gasteiger partial charge in [0.15, 0.2) is 0 Å². The summed E-state index contributed by atoms with van der Waals surface area (Å²) in [6.07, 6.45) is 0.0681. The summed E-state index contributed by atoms with van der Waals surface area (Å²) in [6.45, 7) is 8.67. The van der Waals surface area contributed by atoms with Gasteiger partial charge in [-0.1, -0.05) is 13.8 Å². The average molecular weight is 333 g/mol. The van der Waals surface area contributed by atoms with Crippen molar-refractivity contribution in [2.45, 2.75) is 20.0 Å². The molecule has 1 aliphatic heterocycles. The molecule has 1 atom stereocenters. The number of ether oxygens (including phenoxy) is 1. The number of morpholine rings is 1. The molecule has 1 fully saturated rings. The van der Waals surface area contributed by atoms with E-state index in [2.05, 4.69) is 29.0 Å². The zero-order chi connectivity index (χ0) is 16.2. The quantitative estimate of drug-likeness (QED) is 0.913. The minimum Gasteiger partial charge on any atom is -0.374 e. The Morgan fingerprint density at radius 2 is 2.39 bits per heavy atom. The number of nitrogens with zero attached hydrogens (tertiary/aromatic N) is 2. The summed E-state index contributed by atoms with van der Waals surface area (Å²) in [4.78, 5) is 19.0. The number of hydrogen-bond donors (Lipinski definition) is 1. The smallest absolute Gasteiger partial charge is 0.251 e. The van der Waals surface area contributed by atoms with E-state index in [1.165, 1.54) is 0 Å². The molecule has 3 rings (SSSR count). The monoisotopic (exact) mass is 333 g/mol. The number of carbonyl (C=O) groups excluding carboxylic acids is 1. The second-order valence-corrected chi connectivity index (χ2v) is 7.28. The highest BCUT2D eigenvalue weighted by Gasteiger charge is 2.21. The molecule has 2 aromatic rings. The first-order chi connectivity index (χ1) is 11.1. The Bertz CT molecular complexity index is 671. The molecule has 0 saturated carbocycles. The van der Waals surface area contributed by atoms with Crippen molar-refractivity contribution in [1.29, 1.82) is 0 Å². The molecule has 1 amide bonds. The summed E-state index contributed by atoms with van der Waals surface area (Å²) in [5.74, 6) is 0.597. The Morgan fingerprint density at radius 3 is 3.22 bits per heavy atom. The highest BCUT2D eigenvalue weighted by atomic mass is 32.1. The van der Waals surface area contributed by atoms with E-state index >= 15 is 0 Å². The van der Waals surface area contributed by atoms with Crippen LogP contribution < -0.4 is 5.32 Å². The maximum atomic E-state index is 12.3. The van der Waals surface area contributed by atoms with Gasteiger partial charge >= 0.3 is 0 Å². The van der Waals surface area contributed by atoms with Crippen molar-refractivity contribution in [1.82, 2.24) is 15.2 Å². The summed E-state index contributed by atoms with van der Waals surface area (Å²) >= 11 is 1.55.